The van der Waals surface area contributed by atoms with E-state index in [1.54, 1.807) is 12.1 Å². The molecule has 0 bridgehead atoms. The number of hydrogen-bond donors (Lipinski definition) is 1. The lowest BCUT2D eigenvalue weighted by Crippen LogP contribution is -2.12. The molecule has 7 heteroatoms. The Hall–Kier alpha value is -2.44. The molecule has 1 aliphatic rings. The van der Waals surface area contributed by atoms with Crippen LogP contribution in [0.5, 0.6) is 5.75 Å². The van der Waals surface area contributed by atoms with E-state index in [0.717, 1.165) is 24.0 Å². The summed E-state index contributed by atoms with van der Waals surface area (Å²) in [7, 11) is 0. The van der Waals surface area contributed by atoms with Gasteiger partial charge in [-0.05, 0) is 11.6 Å². The van der Waals surface area contributed by atoms with Gasteiger partial charge in [0, 0.05) is 18.2 Å². The second-order valence-electron chi connectivity index (χ2n) is 4.25. The minimum Gasteiger partial charge on any atom is -0.493 e. The van der Waals surface area contributed by atoms with Crippen molar-refractivity contribution >= 4 is 11.6 Å². The van der Waals surface area contributed by atoms with Crippen LogP contribution < -0.4 is 10.1 Å². The smallest absolute Gasteiger partial charge is 0.313 e. The molecule has 2 heterocycles. The van der Waals surface area contributed by atoms with Crippen LogP contribution in [0.4, 0.5) is 14.5 Å². The van der Waals surface area contributed by atoms with E-state index in [0.29, 0.717) is 12.3 Å². The number of halogens is 2. The van der Waals surface area contributed by atoms with Crippen LogP contribution in [0.25, 0.3) is 0 Å². The molecule has 1 aromatic carbocycles. The molecule has 0 radical (unpaired) electrons. The van der Waals surface area contributed by atoms with Crippen molar-refractivity contribution in [2.45, 2.75) is 12.8 Å². The van der Waals surface area contributed by atoms with E-state index < -0.39 is 18.2 Å². The second kappa shape index (κ2) is 4.92. The molecule has 20 heavy (non-hydrogen) atoms. The Labute approximate surface area is 112 Å². The Morgan fingerprint density at radius 1 is 1.40 bits per heavy atom. The number of alkyl halides is 2. The molecule has 3 rings (SSSR count). The maximum absolute atomic E-state index is 12.3. The molecule has 0 unspecified atom stereocenters. The number of aromatic nitrogens is 1. The largest absolute Gasteiger partial charge is 0.493 e. The molecule has 5 nitrogen and oxygen atoms in total. The van der Waals surface area contributed by atoms with Gasteiger partial charge >= 0.3 is 6.43 Å². The summed E-state index contributed by atoms with van der Waals surface area (Å²) in [4.78, 5) is 15.2. The molecular formula is C13H10F2N2O3. The number of carbonyl (C=O) groups excluding carboxylic acids is 1. The Bertz CT molecular complexity index is 655. The third-order valence-electron chi connectivity index (χ3n) is 2.90. The summed E-state index contributed by atoms with van der Waals surface area (Å²) >= 11 is 0. The number of oxazole rings is 1. The van der Waals surface area contributed by atoms with Crippen LogP contribution in [-0.2, 0) is 6.42 Å². The van der Waals surface area contributed by atoms with E-state index in [1.165, 1.54) is 0 Å². The molecule has 1 N–H and O–H groups in total. The molecule has 0 atom stereocenters. The zero-order chi connectivity index (χ0) is 14.1. The van der Waals surface area contributed by atoms with Gasteiger partial charge in [0.25, 0.3) is 11.8 Å². The minimum atomic E-state index is -2.84. The van der Waals surface area contributed by atoms with Crippen LogP contribution in [0.1, 0.15) is 28.4 Å². The van der Waals surface area contributed by atoms with Crippen molar-refractivity contribution in [3.05, 3.63) is 41.6 Å². The topological polar surface area (TPSA) is 64.4 Å². The fraction of sp³-hybridized carbons (Fsp3) is 0.231. The summed E-state index contributed by atoms with van der Waals surface area (Å²) in [5, 5.41) is 2.55. The van der Waals surface area contributed by atoms with E-state index in [1.807, 2.05) is 6.07 Å². The highest BCUT2D eigenvalue weighted by atomic mass is 19.3. The van der Waals surface area contributed by atoms with Gasteiger partial charge in [0.15, 0.2) is 5.69 Å². The summed E-state index contributed by atoms with van der Waals surface area (Å²) in [5.74, 6) is -0.665. The molecule has 0 fully saturated rings. The number of amides is 1. The van der Waals surface area contributed by atoms with Gasteiger partial charge < -0.3 is 14.5 Å². The van der Waals surface area contributed by atoms with Gasteiger partial charge in [0.2, 0.25) is 0 Å². The number of ether oxygens (including phenoxy) is 1. The van der Waals surface area contributed by atoms with Crippen molar-refractivity contribution < 1.29 is 22.7 Å². The number of carbonyl (C=O) groups is 1. The van der Waals surface area contributed by atoms with E-state index in [2.05, 4.69) is 14.7 Å². The predicted molar refractivity (Wildman–Crippen MR) is 65.1 cm³/mol. The highest BCUT2D eigenvalue weighted by Crippen LogP contribution is 2.28. The fourth-order valence-electron chi connectivity index (χ4n) is 1.93. The second-order valence-corrected chi connectivity index (χ2v) is 4.25. The van der Waals surface area contributed by atoms with Gasteiger partial charge in [0.05, 0.1) is 6.61 Å². The number of benzene rings is 1. The van der Waals surface area contributed by atoms with Crippen molar-refractivity contribution in [2.24, 2.45) is 0 Å². The molecule has 104 valence electrons. The van der Waals surface area contributed by atoms with Crippen molar-refractivity contribution in [3.8, 4) is 5.75 Å². The third-order valence-corrected chi connectivity index (χ3v) is 2.90. The van der Waals surface area contributed by atoms with E-state index >= 15 is 0 Å². The number of nitrogens with zero attached hydrogens (tertiary/aromatic N) is 1. The lowest BCUT2D eigenvalue weighted by Gasteiger charge is -2.05. The number of anilines is 1. The number of fused-ring (bicyclic) bond motifs is 1. The molecule has 0 spiro atoms. The molecule has 1 aliphatic heterocycles. The average molecular weight is 280 g/mol. The van der Waals surface area contributed by atoms with Gasteiger partial charge in [-0.3, -0.25) is 4.79 Å². The summed E-state index contributed by atoms with van der Waals surface area (Å²) in [5.41, 5.74) is 1.39. The number of hydrogen-bond acceptors (Lipinski definition) is 4. The van der Waals surface area contributed by atoms with Gasteiger partial charge in [-0.2, -0.15) is 8.78 Å². The monoisotopic (exact) mass is 280 g/mol. The summed E-state index contributed by atoms with van der Waals surface area (Å²) in [6.45, 7) is 0.619. The predicted octanol–water partition coefficient (Wildman–Crippen LogP) is 2.80. The highest BCUT2D eigenvalue weighted by molar-refractivity contribution is 6.02. The van der Waals surface area contributed by atoms with Gasteiger partial charge in [-0.15, -0.1) is 0 Å². The van der Waals surface area contributed by atoms with Crippen LogP contribution in [0.2, 0.25) is 0 Å². The summed E-state index contributed by atoms with van der Waals surface area (Å²) in [6, 6.07) is 5.26. The van der Waals surface area contributed by atoms with Crippen LogP contribution >= 0.6 is 0 Å². The zero-order valence-corrected chi connectivity index (χ0v) is 10.2. The van der Waals surface area contributed by atoms with Crippen LogP contribution in [0, 0.1) is 0 Å². The first-order chi connectivity index (χ1) is 9.63. The molecular weight excluding hydrogens is 270 g/mol. The Morgan fingerprint density at radius 2 is 2.25 bits per heavy atom. The first kappa shape index (κ1) is 12.6. The maximum Gasteiger partial charge on any atom is 0.313 e. The van der Waals surface area contributed by atoms with Crippen LogP contribution in [0.15, 0.2) is 28.9 Å². The Balaban J connectivity index is 1.75. The van der Waals surface area contributed by atoms with E-state index in [-0.39, 0.29) is 5.69 Å². The molecule has 0 aliphatic carbocycles. The van der Waals surface area contributed by atoms with E-state index in [4.69, 9.17) is 4.74 Å². The maximum atomic E-state index is 12.3. The Kier molecular flexibility index (Phi) is 3.09. The van der Waals surface area contributed by atoms with Crippen LogP contribution in [-0.4, -0.2) is 17.5 Å². The fourth-order valence-corrected chi connectivity index (χ4v) is 1.93. The number of rotatable bonds is 3. The minimum absolute atomic E-state index is 0.193. The van der Waals surface area contributed by atoms with Gasteiger partial charge in [-0.1, -0.05) is 6.07 Å². The molecule has 0 saturated heterocycles. The van der Waals surface area contributed by atoms with Crippen molar-refractivity contribution in [3.63, 3.8) is 0 Å². The average Bonchev–Trinajstić information content (AvgIpc) is 3.07. The van der Waals surface area contributed by atoms with E-state index in [9.17, 15) is 13.6 Å². The molecule has 1 amide bonds. The van der Waals surface area contributed by atoms with Crippen molar-refractivity contribution in [2.75, 3.05) is 11.9 Å². The first-order valence-electron chi connectivity index (χ1n) is 5.94. The van der Waals surface area contributed by atoms with Crippen LogP contribution in [0.3, 0.4) is 0 Å². The SMILES string of the molecule is O=C(Nc1ccc2c(c1)OCC2)c1coc(C(F)F)n1. The normalized spacial score (nSPS) is 13.2. The zero-order valence-electron chi connectivity index (χ0n) is 10.2. The molecule has 0 saturated carbocycles. The van der Waals surface area contributed by atoms with Crippen molar-refractivity contribution in [1.29, 1.82) is 0 Å². The first-order valence-corrected chi connectivity index (χ1v) is 5.94. The third kappa shape index (κ3) is 2.34. The Morgan fingerprint density at radius 3 is 3.00 bits per heavy atom. The summed E-state index contributed by atoms with van der Waals surface area (Å²) < 4.78 is 34.5. The summed E-state index contributed by atoms with van der Waals surface area (Å²) in [6.07, 6.45) is -1.10. The van der Waals surface area contributed by atoms with Gasteiger partial charge in [-0.25, -0.2) is 4.98 Å². The quantitative estimate of drug-likeness (QED) is 0.939. The lowest BCUT2D eigenvalue weighted by molar-refractivity contribution is 0.102. The number of nitrogens with one attached hydrogen (secondary N) is 1. The molecule has 2 aromatic rings. The lowest BCUT2D eigenvalue weighted by atomic mass is 10.1. The molecule has 1 aromatic heterocycles. The highest BCUT2D eigenvalue weighted by Gasteiger charge is 2.19. The van der Waals surface area contributed by atoms with Gasteiger partial charge in [0.1, 0.15) is 12.0 Å². The van der Waals surface area contributed by atoms with Crippen molar-refractivity contribution in [1.82, 2.24) is 4.98 Å². The standard InChI is InChI=1S/C13H10F2N2O3/c14-11(15)13-17-9(6-20-13)12(18)16-8-2-1-7-3-4-19-10(7)5-8/h1-2,5-6,11H,3-4H2,(H,16,18).